The Kier molecular flexibility index (Phi) is 5.35. The summed E-state index contributed by atoms with van der Waals surface area (Å²) in [6.45, 7) is 10.5. The molecule has 0 spiro atoms. The zero-order chi connectivity index (χ0) is 9.56. The van der Waals surface area contributed by atoms with Crippen LogP contribution in [0.3, 0.4) is 0 Å². The first kappa shape index (κ1) is 11.2. The summed E-state index contributed by atoms with van der Waals surface area (Å²) in [7, 11) is 0. The number of rotatable bonds is 1. The second-order valence-electron chi connectivity index (χ2n) is 2.89. The van der Waals surface area contributed by atoms with Crippen molar-refractivity contribution in [3.05, 3.63) is 29.6 Å². The van der Waals surface area contributed by atoms with Crippen LogP contribution in [0.5, 0.6) is 0 Å². The minimum atomic E-state index is 0.591. The molecule has 0 unspecified atom stereocenters. The van der Waals surface area contributed by atoms with Crippen LogP contribution in [0.4, 0.5) is 0 Å². The van der Waals surface area contributed by atoms with E-state index in [1.54, 1.807) is 0 Å². The van der Waals surface area contributed by atoms with Crippen LogP contribution in [0.25, 0.3) is 0 Å². The van der Waals surface area contributed by atoms with Gasteiger partial charge < -0.3 is 0 Å². The second kappa shape index (κ2) is 5.76. The minimum Gasteiger partial charge on any atom is -0.264 e. The lowest BCUT2D eigenvalue weighted by molar-refractivity contribution is 0.847. The number of hydrogen-bond acceptors (Lipinski definition) is 1. The van der Waals surface area contributed by atoms with Crippen molar-refractivity contribution in [2.75, 3.05) is 0 Å². The van der Waals surface area contributed by atoms with Crippen LogP contribution in [0, 0.1) is 6.92 Å². The molecule has 0 N–H and O–H groups in total. The summed E-state index contributed by atoms with van der Waals surface area (Å²) in [5, 5.41) is 0. The van der Waals surface area contributed by atoms with E-state index < -0.39 is 0 Å². The second-order valence-corrected chi connectivity index (χ2v) is 2.89. The molecule has 0 fully saturated rings. The van der Waals surface area contributed by atoms with E-state index >= 15 is 0 Å². The molecule has 0 aliphatic rings. The molecular weight excluding hydrogens is 146 g/mol. The monoisotopic (exact) mass is 165 g/mol. The Bertz CT molecular complexity index is 216. The molecule has 0 saturated heterocycles. The van der Waals surface area contributed by atoms with Crippen LogP contribution in [-0.4, -0.2) is 4.98 Å². The van der Waals surface area contributed by atoms with Gasteiger partial charge in [-0.3, -0.25) is 4.98 Å². The first-order valence-electron chi connectivity index (χ1n) is 4.62. The molecule has 1 heteroatoms. The van der Waals surface area contributed by atoms with Gasteiger partial charge in [-0.05, 0) is 30.0 Å². The van der Waals surface area contributed by atoms with Gasteiger partial charge in [0.25, 0.3) is 0 Å². The topological polar surface area (TPSA) is 12.9 Å². The fraction of sp³-hybridized carbons (Fsp3) is 0.545. The highest BCUT2D eigenvalue weighted by Crippen LogP contribution is 2.16. The quantitative estimate of drug-likeness (QED) is 0.620. The Morgan fingerprint density at radius 1 is 1.25 bits per heavy atom. The van der Waals surface area contributed by atoms with Crippen LogP contribution in [-0.2, 0) is 0 Å². The fourth-order valence-corrected chi connectivity index (χ4v) is 1.08. The van der Waals surface area contributed by atoms with Crippen molar-refractivity contribution in [1.82, 2.24) is 4.98 Å². The molecule has 0 bridgehead atoms. The fourth-order valence-electron chi connectivity index (χ4n) is 1.08. The molecule has 0 aliphatic heterocycles. The minimum absolute atomic E-state index is 0.591. The van der Waals surface area contributed by atoms with Crippen molar-refractivity contribution in [1.29, 1.82) is 0 Å². The predicted molar refractivity (Wildman–Crippen MR) is 54.4 cm³/mol. The van der Waals surface area contributed by atoms with Crippen LogP contribution in [0.1, 0.15) is 44.7 Å². The number of aryl methyl sites for hydroxylation is 1. The molecule has 0 atom stereocenters. The Labute approximate surface area is 75.8 Å². The summed E-state index contributed by atoms with van der Waals surface area (Å²) >= 11 is 0. The highest BCUT2D eigenvalue weighted by molar-refractivity contribution is 5.24. The third-order valence-electron chi connectivity index (χ3n) is 1.70. The molecule has 1 aromatic heterocycles. The molecular formula is C11H19N. The lowest BCUT2D eigenvalue weighted by Gasteiger charge is -2.06. The number of nitrogens with zero attached hydrogens (tertiary/aromatic N) is 1. The average Bonchev–Trinajstić information content (AvgIpc) is 2.08. The summed E-state index contributed by atoms with van der Waals surface area (Å²) in [6.07, 6.45) is 3.78. The number of pyridine rings is 1. The summed E-state index contributed by atoms with van der Waals surface area (Å²) in [4.78, 5) is 4.07. The van der Waals surface area contributed by atoms with E-state index in [-0.39, 0.29) is 0 Å². The third-order valence-corrected chi connectivity index (χ3v) is 1.70. The molecule has 1 aromatic rings. The van der Waals surface area contributed by atoms with Gasteiger partial charge in [-0.2, -0.15) is 0 Å². The summed E-state index contributed by atoms with van der Waals surface area (Å²) in [5.74, 6) is 0.591. The summed E-state index contributed by atoms with van der Waals surface area (Å²) in [5.41, 5.74) is 2.69. The van der Waals surface area contributed by atoms with Gasteiger partial charge in [0.2, 0.25) is 0 Å². The van der Waals surface area contributed by atoms with E-state index in [0.717, 1.165) is 0 Å². The maximum absolute atomic E-state index is 4.07. The molecule has 12 heavy (non-hydrogen) atoms. The van der Waals surface area contributed by atoms with Gasteiger partial charge in [-0.25, -0.2) is 0 Å². The Morgan fingerprint density at radius 2 is 1.83 bits per heavy atom. The van der Waals surface area contributed by atoms with Crippen molar-refractivity contribution < 1.29 is 0 Å². The van der Waals surface area contributed by atoms with Gasteiger partial charge in [-0.15, -0.1) is 0 Å². The molecule has 68 valence electrons. The van der Waals surface area contributed by atoms with Crippen molar-refractivity contribution in [3.8, 4) is 0 Å². The first-order chi connectivity index (χ1) is 5.72. The Hall–Kier alpha value is -0.850. The molecule has 0 aliphatic carbocycles. The summed E-state index contributed by atoms with van der Waals surface area (Å²) in [6, 6.07) is 2.05. The highest BCUT2D eigenvalue weighted by atomic mass is 14.6. The van der Waals surface area contributed by atoms with Gasteiger partial charge in [0.05, 0.1) is 0 Å². The van der Waals surface area contributed by atoms with E-state index in [4.69, 9.17) is 0 Å². The van der Waals surface area contributed by atoms with Crippen molar-refractivity contribution >= 4 is 0 Å². The Morgan fingerprint density at radius 3 is 2.17 bits per heavy atom. The first-order valence-corrected chi connectivity index (χ1v) is 4.62. The SMILES string of the molecule is CC.Cc1ccncc1C(C)C. The molecule has 1 rings (SSSR count). The standard InChI is InChI=1S/C9H13N.C2H6/c1-7(2)9-6-10-5-4-8(9)3;1-2/h4-7H,1-3H3;1-2H3. The maximum Gasteiger partial charge on any atom is 0.0305 e. The van der Waals surface area contributed by atoms with Crippen LogP contribution in [0.15, 0.2) is 18.5 Å². The normalized spacial score (nSPS) is 9.17. The third kappa shape index (κ3) is 3.04. The molecule has 0 aromatic carbocycles. The number of hydrogen-bond donors (Lipinski definition) is 0. The van der Waals surface area contributed by atoms with E-state index in [0.29, 0.717) is 5.92 Å². The van der Waals surface area contributed by atoms with E-state index in [2.05, 4.69) is 31.8 Å². The lowest BCUT2D eigenvalue weighted by atomic mass is 10.0. The van der Waals surface area contributed by atoms with Gasteiger partial charge in [0.1, 0.15) is 0 Å². The molecule has 1 heterocycles. The van der Waals surface area contributed by atoms with Crippen molar-refractivity contribution in [2.45, 2.75) is 40.5 Å². The van der Waals surface area contributed by atoms with Gasteiger partial charge in [-0.1, -0.05) is 27.7 Å². The average molecular weight is 165 g/mol. The molecule has 0 amide bonds. The maximum atomic E-state index is 4.07. The van der Waals surface area contributed by atoms with E-state index in [9.17, 15) is 0 Å². The van der Waals surface area contributed by atoms with E-state index in [1.165, 1.54) is 11.1 Å². The molecule has 0 saturated carbocycles. The molecule has 1 nitrogen and oxygen atoms in total. The predicted octanol–water partition coefficient (Wildman–Crippen LogP) is 3.54. The van der Waals surface area contributed by atoms with Crippen LogP contribution >= 0.6 is 0 Å². The zero-order valence-corrected chi connectivity index (χ0v) is 8.76. The largest absolute Gasteiger partial charge is 0.264 e. The van der Waals surface area contributed by atoms with Crippen molar-refractivity contribution in [2.24, 2.45) is 0 Å². The van der Waals surface area contributed by atoms with E-state index in [1.807, 2.05) is 26.2 Å². The summed E-state index contributed by atoms with van der Waals surface area (Å²) < 4.78 is 0. The van der Waals surface area contributed by atoms with Gasteiger partial charge >= 0.3 is 0 Å². The van der Waals surface area contributed by atoms with Crippen LogP contribution in [0.2, 0.25) is 0 Å². The number of aromatic nitrogens is 1. The molecule has 0 radical (unpaired) electrons. The smallest absolute Gasteiger partial charge is 0.0305 e. The van der Waals surface area contributed by atoms with Crippen molar-refractivity contribution in [3.63, 3.8) is 0 Å². The van der Waals surface area contributed by atoms with Gasteiger partial charge in [0.15, 0.2) is 0 Å². The van der Waals surface area contributed by atoms with Gasteiger partial charge in [0, 0.05) is 12.4 Å². The zero-order valence-electron chi connectivity index (χ0n) is 8.76. The Balaban J connectivity index is 0.000000561. The highest BCUT2D eigenvalue weighted by Gasteiger charge is 2.00. The lowest BCUT2D eigenvalue weighted by Crippen LogP contribution is -1.91. The van der Waals surface area contributed by atoms with Crippen LogP contribution < -0.4 is 0 Å².